The molecule has 0 unspecified atom stereocenters. The van der Waals surface area contributed by atoms with Crippen LogP contribution in [0.1, 0.15) is 41.0 Å². The van der Waals surface area contributed by atoms with E-state index in [2.05, 4.69) is 44.8 Å². The Morgan fingerprint density at radius 2 is 1.85 bits per heavy atom. The minimum Gasteiger partial charge on any atom is -0.314 e. The third-order valence-corrected chi connectivity index (χ3v) is 2.52. The average Bonchev–Trinajstić information content (AvgIpc) is 2.03. The molecule has 13 heavy (non-hydrogen) atoms. The molecule has 0 heterocycles. The summed E-state index contributed by atoms with van der Waals surface area (Å²) >= 11 is 0. The van der Waals surface area contributed by atoms with E-state index in [0.717, 1.165) is 6.54 Å². The monoisotopic (exact) mass is 186 g/mol. The summed E-state index contributed by atoms with van der Waals surface area (Å²) in [5.41, 5.74) is 0.222. The molecule has 0 saturated heterocycles. The first-order valence-corrected chi connectivity index (χ1v) is 5.36. The second-order valence-corrected chi connectivity index (χ2v) is 4.70. The molecule has 80 valence electrons. The Labute approximate surface area is 83.7 Å². The second kappa shape index (κ2) is 5.61. The lowest BCUT2D eigenvalue weighted by Crippen LogP contribution is -2.49. The van der Waals surface area contributed by atoms with Gasteiger partial charge in [-0.1, -0.05) is 6.92 Å². The van der Waals surface area contributed by atoms with Gasteiger partial charge in [0.15, 0.2) is 0 Å². The summed E-state index contributed by atoms with van der Waals surface area (Å²) in [6.07, 6.45) is 1.23. The zero-order valence-electron chi connectivity index (χ0n) is 10.1. The fourth-order valence-electron chi connectivity index (χ4n) is 1.39. The van der Waals surface area contributed by atoms with Crippen molar-refractivity contribution in [2.45, 2.75) is 52.6 Å². The van der Waals surface area contributed by atoms with Crippen LogP contribution < -0.4 is 5.32 Å². The van der Waals surface area contributed by atoms with Crippen molar-refractivity contribution in [2.75, 3.05) is 20.1 Å². The lowest BCUT2D eigenvalue weighted by atomic mass is 10.0. The molecule has 0 saturated carbocycles. The van der Waals surface area contributed by atoms with E-state index in [4.69, 9.17) is 0 Å². The Balaban J connectivity index is 4.08. The highest BCUT2D eigenvalue weighted by Gasteiger charge is 2.20. The molecular weight excluding hydrogens is 160 g/mol. The van der Waals surface area contributed by atoms with Crippen molar-refractivity contribution in [3.05, 3.63) is 0 Å². The first-order valence-electron chi connectivity index (χ1n) is 5.36. The van der Waals surface area contributed by atoms with Gasteiger partial charge >= 0.3 is 0 Å². The SMILES string of the molecule is CCCN(CC(C)(C)NC)C(C)C. The fraction of sp³-hybridized carbons (Fsp3) is 1.00. The fourth-order valence-corrected chi connectivity index (χ4v) is 1.39. The van der Waals surface area contributed by atoms with Crippen LogP contribution in [0.4, 0.5) is 0 Å². The molecule has 0 aromatic carbocycles. The van der Waals surface area contributed by atoms with Gasteiger partial charge in [0.25, 0.3) is 0 Å². The molecule has 1 N–H and O–H groups in total. The lowest BCUT2D eigenvalue weighted by molar-refractivity contribution is 0.169. The third kappa shape index (κ3) is 5.27. The van der Waals surface area contributed by atoms with Crippen molar-refractivity contribution in [3.8, 4) is 0 Å². The first-order chi connectivity index (χ1) is 5.93. The smallest absolute Gasteiger partial charge is 0.0249 e. The largest absolute Gasteiger partial charge is 0.314 e. The van der Waals surface area contributed by atoms with Crippen LogP contribution in [0.3, 0.4) is 0 Å². The van der Waals surface area contributed by atoms with Crippen LogP contribution in [0, 0.1) is 0 Å². The maximum absolute atomic E-state index is 3.34. The Morgan fingerprint density at radius 3 is 2.15 bits per heavy atom. The predicted molar refractivity (Wildman–Crippen MR) is 60.1 cm³/mol. The quantitative estimate of drug-likeness (QED) is 0.683. The molecule has 0 aromatic heterocycles. The van der Waals surface area contributed by atoms with Gasteiger partial charge in [-0.05, 0) is 47.7 Å². The van der Waals surface area contributed by atoms with E-state index in [9.17, 15) is 0 Å². The number of rotatable bonds is 6. The van der Waals surface area contributed by atoms with Gasteiger partial charge in [0, 0.05) is 18.1 Å². The minimum absolute atomic E-state index is 0.222. The first kappa shape index (κ1) is 12.9. The topological polar surface area (TPSA) is 15.3 Å². The van der Waals surface area contributed by atoms with Crippen LogP contribution >= 0.6 is 0 Å². The predicted octanol–water partition coefficient (Wildman–Crippen LogP) is 2.10. The van der Waals surface area contributed by atoms with Gasteiger partial charge in [-0.2, -0.15) is 0 Å². The Kier molecular flexibility index (Phi) is 5.57. The van der Waals surface area contributed by atoms with E-state index in [1.54, 1.807) is 0 Å². The van der Waals surface area contributed by atoms with Gasteiger partial charge in [-0.15, -0.1) is 0 Å². The summed E-state index contributed by atoms with van der Waals surface area (Å²) in [5, 5.41) is 3.34. The van der Waals surface area contributed by atoms with Gasteiger partial charge in [0.05, 0.1) is 0 Å². The lowest BCUT2D eigenvalue weighted by Gasteiger charge is -2.34. The van der Waals surface area contributed by atoms with Crippen molar-refractivity contribution in [3.63, 3.8) is 0 Å². The van der Waals surface area contributed by atoms with E-state index in [1.807, 2.05) is 7.05 Å². The molecule has 0 atom stereocenters. The van der Waals surface area contributed by atoms with Crippen molar-refractivity contribution >= 4 is 0 Å². The van der Waals surface area contributed by atoms with E-state index in [1.165, 1.54) is 13.0 Å². The van der Waals surface area contributed by atoms with Crippen molar-refractivity contribution in [2.24, 2.45) is 0 Å². The second-order valence-electron chi connectivity index (χ2n) is 4.70. The summed E-state index contributed by atoms with van der Waals surface area (Å²) in [6, 6.07) is 0.646. The number of hydrogen-bond donors (Lipinski definition) is 1. The molecule has 0 aliphatic carbocycles. The zero-order valence-corrected chi connectivity index (χ0v) is 10.1. The Morgan fingerprint density at radius 1 is 1.31 bits per heavy atom. The Bertz CT molecular complexity index is 130. The molecular formula is C11H26N2. The summed E-state index contributed by atoms with van der Waals surface area (Å²) in [4.78, 5) is 2.52. The number of hydrogen-bond acceptors (Lipinski definition) is 2. The van der Waals surface area contributed by atoms with Crippen LogP contribution in [-0.2, 0) is 0 Å². The summed E-state index contributed by atoms with van der Waals surface area (Å²) in [6.45, 7) is 13.6. The molecule has 0 amide bonds. The molecule has 0 spiro atoms. The van der Waals surface area contributed by atoms with E-state index in [0.29, 0.717) is 6.04 Å². The minimum atomic E-state index is 0.222. The maximum atomic E-state index is 3.34. The molecule has 0 aliphatic heterocycles. The van der Waals surface area contributed by atoms with Gasteiger partial charge in [0.2, 0.25) is 0 Å². The molecule has 2 nitrogen and oxygen atoms in total. The van der Waals surface area contributed by atoms with Crippen molar-refractivity contribution < 1.29 is 0 Å². The summed E-state index contributed by atoms with van der Waals surface area (Å²) < 4.78 is 0. The highest BCUT2D eigenvalue weighted by Crippen LogP contribution is 2.08. The maximum Gasteiger partial charge on any atom is 0.0249 e. The van der Waals surface area contributed by atoms with E-state index < -0.39 is 0 Å². The standard InChI is InChI=1S/C11H26N2/c1-7-8-13(10(2)3)9-11(4,5)12-6/h10,12H,7-9H2,1-6H3. The molecule has 0 fully saturated rings. The molecule has 0 radical (unpaired) electrons. The van der Waals surface area contributed by atoms with Crippen LogP contribution in [0.15, 0.2) is 0 Å². The molecule has 0 aromatic rings. The van der Waals surface area contributed by atoms with Crippen molar-refractivity contribution in [1.82, 2.24) is 10.2 Å². The van der Waals surface area contributed by atoms with E-state index >= 15 is 0 Å². The van der Waals surface area contributed by atoms with Crippen molar-refractivity contribution in [1.29, 1.82) is 0 Å². The molecule has 2 heteroatoms. The van der Waals surface area contributed by atoms with Crippen LogP contribution in [0.2, 0.25) is 0 Å². The zero-order chi connectivity index (χ0) is 10.5. The van der Waals surface area contributed by atoms with E-state index in [-0.39, 0.29) is 5.54 Å². The molecule has 0 bridgehead atoms. The average molecular weight is 186 g/mol. The normalized spacial score (nSPS) is 12.9. The van der Waals surface area contributed by atoms with Crippen LogP contribution in [0.5, 0.6) is 0 Å². The molecule has 0 aliphatic rings. The number of nitrogens with zero attached hydrogens (tertiary/aromatic N) is 1. The summed E-state index contributed by atoms with van der Waals surface area (Å²) in [7, 11) is 2.03. The highest BCUT2D eigenvalue weighted by atomic mass is 15.2. The highest BCUT2D eigenvalue weighted by molar-refractivity contribution is 4.81. The molecule has 0 rings (SSSR count). The van der Waals surface area contributed by atoms with Crippen LogP contribution in [-0.4, -0.2) is 36.6 Å². The number of likely N-dealkylation sites (N-methyl/N-ethyl adjacent to an activating group) is 1. The van der Waals surface area contributed by atoms with Gasteiger partial charge in [-0.25, -0.2) is 0 Å². The van der Waals surface area contributed by atoms with Gasteiger partial charge < -0.3 is 5.32 Å². The van der Waals surface area contributed by atoms with Gasteiger partial charge in [0.1, 0.15) is 0 Å². The summed E-state index contributed by atoms with van der Waals surface area (Å²) in [5.74, 6) is 0. The third-order valence-electron chi connectivity index (χ3n) is 2.52. The number of nitrogens with one attached hydrogen (secondary N) is 1. The van der Waals surface area contributed by atoms with Crippen LogP contribution in [0.25, 0.3) is 0 Å². The van der Waals surface area contributed by atoms with Gasteiger partial charge in [-0.3, -0.25) is 4.90 Å². The Hall–Kier alpha value is -0.0800.